The molecule has 0 unspecified atom stereocenters. The molecule has 3 aliphatic rings. The van der Waals surface area contributed by atoms with Crippen molar-refractivity contribution in [2.24, 2.45) is 47.3 Å². The average molecular weight is 1640 g/mol. The first kappa shape index (κ1) is 99.4. The molecule has 7 rings (SSSR count). The van der Waals surface area contributed by atoms with Gasteiger partial charge in [-0.15, -0.1) is 62.2 Å². The molecular formula is C97H117F3O19. The molecule has 0 saturated heterocycles. The Bertz CT molecular complexity index is 4020. The van der Waals surface area contributed by atoms with E-state index in [0.29, 0.717) is 121 Å². The van der Waals surface area contributed by atoms with Crippen LogP contribution in [0, 0.1) is 121 Å². The number of esters is 4. The van der Waals surface area contributed by atoms with Gasteiger partial charge >= 0.3 is 30.1 Å². The molecule has 3 aliphatic carbocycles. The summed E-state index contributed by atoms with van der Waals surface area (Å²) in [7, 11) is 0. The normalized spacial score (nSPS) is 21.5. The second-order valence-electron chi connectivity index (χ2n) is 30.0. The van der Waals surface area contributed by atoms with Crippen LogP contribution in [0.15, 0.2) is 164 Å². The Hall–Kier alpha value is -10.2. The average Bonchev–Trinajstić information content (AvgIpc) is 1.75. The number of hydrogen-bond acceptors (Lipinski definition) is 19. The van der Waals surface area contributed by atoms with Crippen molar-refractivity contribution in [1.82, 2.24) is 0 Å². The van der Waals surface area contributed by atoms with Crippen molar-refractivity contribution in [3.8, 4) is 97.1 Å². The van der Waals surface area contributed by atoms with Gasteiger partial charge in [-0.3, -0.25) is 19.2 Å². The topological polar surface area (TPSA) is 306 Å². The van der Waals surface area contributed by atoms with E-state index in [9.17, 15) is 78.3 Å². The highest BCUT2D eigenvalue weighted by Crippen LogP contribution is 2.41. The van der Waals surface area contributed by atoms with Crippen molar-refractivity contribution < 1.29 is 107 Å². The summed E-state index contributed by atoms with van der Waals surface area (Å²) >= 11 is 0. The fourth-order valence-electron chi connectivity index (χ4n) is 14.4. The summed E-state index contributed by atoms with van der Waals surface area (Å²) in [5, 5.41) is 93.8. The largest absolute Gasteiger partial charge is 0.491 e. The van der Waals surface area contributed by atoms with Crippen molar-refractivity contribution in [2.75, 3.05) is 26.4 Å². The van der Waals surface area contributed by atoms with Gasteiger partial charge in [0.15, 0.2) is 0 Å². The summed E-state index contributed by atoms with van der Waals surface area (Å²) in [6.07, 6.45) is 51.1. The maximum atomic E-state index is 12.8. The molecule has 19 nitrogen and oxygen atoms in total. The predicted molar refractivity (Wildman–Crippen MR) is 449 cm³/mol. The van der Waals surface area contributed by atoms with Crippen LogP contribution in [0.5, 0.6) is 23.0 Å². The zero-order valence-electron chi connectivity index (χ0n) is 67.6. The number of halogens is 3. The minimum absolute atomic E-state index is 0.0214. The zero-order chi connectivity index (χ0) is 86.7. The lowest BCUT2D eigenvalue weighted by atomic mass is 9.85. The molecule has 0 aliphatic heterocycles. The van der Waals surface area contributed by atoms with Gasteiger partial charge in [0.25, 0.3) is 0 Å². The number of hydrogen-bond donors (Lipinski definition) is 9. The lowest BCUT2D eigenvalue weighted by molar-refractivity contribution is -0.162. The van der Waals surface area contributed by atoms with Crippen molar-refractivity contribution in [3.63, 3.8) is 0 Å². The second kappa shape index (κ2) is 56.3. The molecule has 640 valence electrons. The Morgan fingerprint density at radius 2 is 0.924 bits per heavy atom. The smallest absolute Gasteiger partial charge is 0.416 e. The summed E-state index contributed by atoms with van der Waals surface area (Å²) in [4.78, 5) is 48.3. The standard InChI is InChI=1S/C35H42O7.C31H37F3O6.C31H38O6/c1-3-20-40-28-22-29(41-21-4-2)24-30(23-28)42-35(39)15-11-6-5-10-14-31-32(34(38)25-33(31)37)19-18-27(36)17-16-26-12-8-7-9-13-26;1-3-10-22(11-4-2)20-40-30(38)15-8-6-5-7-14-26-27(29(37)19-28(26)36)17-16-24(35)21-39-25-13-9-12-23(18-25)31(32,33)34;1-3-12-24(13-4-2)31(36)37-30(35)17-11-6-5-10-16-26-27(29(34)22-28(26)33)21-20-25(32)19-18-23-14-8-7-9-15-23/h1-2,5,7-10,12-13,22-24,27,31-34,36-38H,6,11,14-21,25H2;1-2,5,7,9,12-13,16-18,22,24,26-29,35-37H,6,8,10-11,14-15,19-21H2;1-2,5,7-10,14-15,20-21,24-29,32-34H,6,11-13,16-19,22H2/b10-5-;7-5-,17-16+;10-5-,21-20+/t27-,31+,32+,33-,34+;24-,26-,27-,28+,29-;25-,26+,27+,28-,29+/m010/s1. The molecule has 22 heteroatoms. The summed E-state index contributed by atoms with van der Waals surface area (Å²) in [5.74, 6) is 11.7. The van der Waals surface area contributed by atoms with Gasteiger partial charge in [0.2, 0.25) is 0 Å². The lowest BCUT2D eigenvalue weighted by Gasteiger charge is -2.23. The van der Waals surface area contributed by atoms with Gasteiger partial charge in [-0.2, -0.15) is 13.2 Å². The van der Waals surface area contributed by atoms with E-state index >= 15 is 0 Å². The van der Waals surface area contributed by atoms with E-state index in [1.807, 2.05) is 91.1 Å². The Kier molecular flexibility index (Phi) is 47.1. The van der Waals surface area contributed by atoms with Crippen LogP contribution in [0.3, 0.4) is 0 Å². The fourth-order valence-corrected chi connectivity index (χ4v) is 14.4. The molecule has 0 aromatic heterocycles. The highest BCUT2D eigenvalue weighted by Gasteiger charge is 2.42. The quantitative estimate of drug-likeness (QED) is 0.00496. The fraction of sp³-hybridized carbons (Fsp3) is 0.485. The van der Waals surface area contributed by atoms with Crippen LogP contribution in [-0.4, -0.2) is 151 Å². The number of benzene rings is 4. The molecule has 0 bridgehead atoms. The summed E-state index contributed by atoms with van der Waals surface area (Å²) in [6.45, 7) is 0.0514. The van der Waals surface area contributed by atoms with Crippen LogP contribution in [0.1, 0.15) is 164 Å². The maximum absolute atomic E-state index is 12.8. The van der Waals surface area contributed by atoms with Gasteiger partial charge in [0, 0.05) is 93.7 Å². The first-order chi connectivity index (χ1) is 57.3. The molecule has 0 heterocycles. The summed E-state index contributed by atoms with van der Waals surface area (Å²) in [6, 6.07) is 29.2. The van der Waals surface area contributed by atoms with Gasteiger partial charge < -0.3 is 74.4 Å². The Balaban J connectivity index is 0.000000319. The third kappa shape index (κ3) is 39.1. The van der Waals surface area contributed by atoms with Gasteiger partial charge in [-0.25, -0.2) is 0 Å². The molecule has 0 amide bonds. The molecular weight excluding hydrogens is 1530 g/mol. The maximum Gasteiger partial charge on any atom is 0.416 e. The molecule has 4 aromatic carbocycles. The molecule has 119 heavy (non-hydrogen) atoms. The number of carbonyl (C=O) groups excluding carboxylic acids is 4. The monoisotopic (exact) mass is 1640 g/mol. The van der Waals surface area contributed by atoms with Gasteiger partial charge in [-0.05, 0) is 156 Å². The van der Waals surface area contributed by atoms with Crippen LogP contribution < -0.4 is 18.9 Å². The number of aryl methyl sites for hydroxylation is 2. The molecule has 4 aromatic rings. The van der Waals surface area contributed by atoms with Crippen LogP contribution in [0.4, 0.5) is 13.2 Å². The first-order valence-electron chi connectivity index (χ1n) is 40.7. The minimum Gasteiger partial charge on any atom is -0.491 e. The predicted octanol–water partition coefficient (Wildman–Crippen LogP) is 13.3. The highest BCUT2D eigenvalue weighted by molar-refractivity contribution is 5.87. The minimum atomic E-state index is -4.50. The number of unbranched alkanes of at least 4 members (excludes halogenated alkanes) is 3. The molecule has 3 saturated carbocycles. The molecule has 9 N–H and O–H groups in total. The third-order valence-electron chi connectivity index (χ3n) is 20.8. The second-order valence-corrected chi connectivity index (χ2v) is 30.0. The Labute approximate surface area is 700 Å². The van der Waals surface area contributed by atoms with E-state index in [1.165, 1.54) is 23.8 Å². The third-order valence-corrected chi connectivity index (χ3v) is 20.8. The van der Waals surface area contributed by atoms with E-state index in [-0.39, 0.29) is 124 Å². The Morgan fingerprint density at radius 3 is 1.44 bits per heavy atom. The molecule has 0 spiro atoms. The van der Waals surface area contributed by atoms with Crippen LogP contribution in [-0.2, 0) is 47.7 Å². The SMILES string of the molecule is C#CCC(CC#C)C(=O)OC(=O)CCC/C=C\C[C@@H]1[C@@H](/C=C/[C@@H](O)CCc2ccccc2)[C@H](O)C[C@@H]1O.C#CCC(CC#C)COC(=O)CCC/C=C\C[C@@H]1[C@@H](/C=C/[C@@H](O)COc2cccc(C(F)(F)F)c2)[C@H](O)C[C@@H]1O.C#CCOc1cc(OCC#C)cc(OC(=O)CCC/C=C\C[C@@H]2[C@@H](CC[C@@H](O)CCc3ccccc3)[C@H](O)C[C@@H]2O)c1. The van der Waals surface area contributed by atoms with Crippen molar-refractivity contribution in [3.05, 3.63) is 181 Å². The Morgan fingerprint density at radius 1 is 0.462 bits per heavy atom. The summed E-state index contributed by atoms with van der Waals surface area (Å²) in [5.41, 5.74) is 1.51. The van der Waals surface area contributed by atoms with Crippen molar-refractivity contribution in [1.29, 1.82) is 0 Å². The summed E-state index contributed by atoms with van der Waals surface area (Å²) < 4.78 is 70.3. The van der Waals surface area contributed by atoms with E-state index in [0.717, 1.165) is 30.5 Å². The van der Waals surface area contributed by atoms with Crippen molar-refractivity contribution >= 4 is 23.9 Å². The van der Waals surface area contributed by atoms with Crippen molar-refractivity contribution in [2.45, 2.75) is 222 Å². The number of carbonyl (C=O) groups is 4. The number of ether oxygens (including phenoxy) is 6. The van der Waals surface area contributed by atoms with E-state index in [4.69, 9.17) is 67.0 Å². The van der Waals surface area contributed by atoms with Crippen LogP contribution in [0.25, 0.3) is 0 Å². The molecule has 3 fully saturated rings. The van der Waals surface area contributed by atoms with E-state index in [1.54, 1.807) is 30.4 Å². The number of rotatable bonds is 46. The molecule has 0 radical (unpaired) electrons. The zero-order valence-corrected chi connectivity index (χ0v) is 67.6. The van der Waals surface area contributed by atoms with Crippen LogP contribution in [0.2, 0.25) is 0 Å². The van der Waals surface area contributed by atoms with E-state index in [2.05, 4.69) is 47.7 Å². The lowest BCUT2D eigenvalue weighted by Crippen LogP contribution is -2.23. The van der Waals surface area contributed by atoms with Gasteiger partial charge in [0.05, 0.1) is 66.9 Å². The number of allylic oxidation sites excluding steroid dienone is 6. The number of terminal acetylenes is 6. The highest BCUT2D eigenvalue weighted by atomic mass is 19.4. The number of aliphatic hydroxyl groups excluding tert-OH is 9. The number of alkyl halides is 3. The van der Waals surface area contributed by atoms with Gasteiger partial charge in [-0.1, -0.05) is 139 Å². The first-order valence-corrected chi connectivity index (χ1v) is 40.7. The number of aliphatic hydroxyl groups is 9. The van der Waals surface area contributed by atoms with E-state index < -0.39 is 90.4 Å². The van der Waals surface area contributed by atoms with Gasteiger partial charge in [0.1, 0.15) is 48.9 Å². The van der Waals surface area contributed by atoms with Crippen LogP contribution >= 0.6 is 0 Å². The molecule has 15 atom stereocenters.